The van der Waals surface area contributed by atoms with E-state index in [1.54, 1.807) is 37.3 Å². The molecular weight excluding hydrogens is 373 g/mol. The van der Waals surface area contributed by atoms with Crippen molar-refractivity contribution in [2.24, 2.45) is 0 Å². The summed E-state index contributed by atoms with van der Waals surface area (Å²) in [5, 5.41) is 2.75. The van der Waals surface area contributed by atoms with Crippen LogP contribution in [-0.2, 0) is 9.84 Å². The van der Waals surface area contributed by atoms with Crippen molar-refractivity contribution in [3.63, 3.8) is 0 Å². The van der Waals surface area contributed by atoms with Crippen LogP contribution in [0.15, 0.2) is 65.6 Å². The molecule has 7 heteroatoms. The Balaban J connectivity index is 1.73. The monoisotopic (exact) mass is 389 g/mol. The number of amides is 1. The van der Waals surface area contributed by atoms with Crippen LogP contribution >= 0.6 is 11.3 Å². The maximum Gasteiger partial charge on any atom is 0.265 e. The maximum absolute atomic E-state index is 13.0. The molecule has 0 fully saturated rings. The van der Waals surface area contributed by atoms with Crippen molar-refractivity contribution >= 4 is 32.8 Å². The fourth-order valence-electron chi connectivity index (χ4n) is 2.33. The van der Waals surface area contributed by atoms with Gasteiger partial charge in [-0.25, -0.2) is 12.8 Å². The van der Waals surface area contributed by atoms with Crippen LogP contribution in [0.4, 0.5) is 10.1 Å². The van der Waals surface area contributed by atoms with Gasteiger partial charge in [0, 0.05) is 10.6 Å². The highest BCUT2D eigenvalue weighted by molar-refractivity contribution is 7.91. The van der Waals surface area contributed by atoms with Crippen LogP contribution in [0.2, 0.25) is 0 Å². The van der Waals surface area contributed by atoms with Crippen molar-refractivity contribution in [3.05, 3.63) is 71.4 Å². The molecule has 2 aromatic carbocycles. The molecule has 3 rings (SSSR count). The molecule has 0 atom stereocenters. The number of thiophene rings is 1. The molecule has 1 N–H and O–H groups in total. The average molecular weight is 389 g/mol. The summed E-state index contributed by atoms with van der Waals surface area (Å²) in [5.74, 6) is -0.564. The number of sulfone groups is 1. The molecule has 3 aromatic rings. The van der Waals surface area contributed by atoms with Crippen molar-refractivity contribution in [1.82, 2.24) is 0 Å². The zero-order valence-electron chi connectivity index (χ0n) is 13.9. The summed E-state index contributed by atoms with van der Waals surface area (Å²) in [6, 6.07) is 15.7. The van der Waals surface area contributed by atoms with E-state index >= 15 is 0 Å². The van der Waals surface area contributed by atoms with Crippen LogP contribution in [0.25, 0.3) is 10.4 Å². The van der Waals surface area contributed by atoms with Crippen LogP contribution < -0.4 is 5.32 Å². The lowest BCUT2D eigenvalue weighted by Gasteiger charge is -2.05. The molecule has 0 saturated carbocycles. The first-order chi connectivity index (χ1) is 12.4. The van der Waals surface area contributed by atoms with Crippen LogP contribution in [0.1, 0.15) is 16.6 Å². The van der Waals surface area contributed by atoms with Gasteiger partial charge < -0.3 is 5.32 Å². The van der Waals surface area contributed by atoms with Crippen molar-refractivity contribution < 1.29 is 17.6 Å². The van der Waals surface area contributed by atoms with Gasteiger partial charge in [-0.1, -0.05) is 19.1 Å². The van der Waals surface area contributed by atoms with Gasteiger partial charge in [-0.3, -0.25) is 4.79 Å². The molecule has 1 heterocycles. The third-order valence-corrected chi connectivity index (χ3v) is 6.69. The molecule has 1 aromatic heterocycles. The van der Waals surface area contributed by atoms with Gasteiger partial charge in [0.15, 0.2) is 9.84 Å². The van der Waals surface area contributed by atoms with Gasteiger partial charge in [-0.15, -0.1) is 11.3 Å². The minimum Gasteiger partial charge on any atom is -0.321 e. The number of rotatable bonds is 5. The van der Waals surface area contributed by atoms with Gasteiger partial charge in [0.1, 0.15) is 5.82 Å². The second-order valence-electron chi connectivity index (χ2n) is 5.55. The summed E-state index contributed by atoms with van der Waals surface area (Å²) >= 11 is 1.30. The van der Waals surface area contributed by atoms with Crippen molar-refractivity contribution in [2.75, 3.05) is 11.1 Å². The fourth-order valence-corrected chi connectivity index (χ4v) is 4.13. The number of halogens is 1. The lowest BCUT2D eigenvalue weighted by atomic mass is 10.2. The lowest BCUT2D eigenvalue weighted by Crippen LogP contribution is -2.10. The average Bonchev–Trinajstić information content (AvgIpc) is 3.13. The Labute approximate surface area is 155 Å². The first-order valence-corrected chi connectivity index (χ1v) is 10.4. The van der Waals surface area contributed by atoms with Crippen molar-refractivity contribution in [1.29, 1.82) is 0 Å². The van der Waals surface area contributed by atoms with Gasteiger partial charge in [0.2, 0.25) is 0 Å². The third kappa shape index (κ3) is 4.00. The van der Waals surface area contributed by atoms with Crippen LogP contribution in [0.5, 0.6) is 0 Å². The third-order valence-electron chi connectivity index (χ3n) is 3.81. The molecule has 0 aliphatic carbocycles. The van der Waals surface area contributed by atoms with Crippen LogP contribution in [0.3, 0.4) is 0 Å². The molecule has 26 heavy (non-hydrogen) atoms. The molecule has 0 radical (unpaired) electrons. The van der Waals surface area contributed by atoms with E-state index in [1.807, 2.05) is 6.07 Å². The molecule has 0 bridgehead atoms. The first-order valence-electron chi connectivity index (χ1n) is 7.89. The molecule has 1 amide bonds. The van der Waals surface area contributed by atoms with E-state index in [0.717, 1.165) is 10.4 Å². The summed E-state index contributed by atoms with van der Waals surface area (Å²) in [6.45, 7) is 1.58. The van der Waals surface area contributed by atoms with Gasteiger partial charge in [0.05, 0.1) is 15.5 Å². The molecule has 0 aliphatic rings. The number of carbonyl (C=O) groups is 1. The number of hydrogen-bond acceptors (Lipinski definition) is 4. The molecule has 0 aliphatic heterocycles. The number of hydrogen-bond donors (Lipinski definition) is 1. The second-order valence-corrected chi connectivity index (χ2v) is 8.91. The summed E-state index contributed by atoms with van der Waals surface area (Å²) in [7, 11) is -3.26. The Kier molecular flexibility index (Phi) is 5.20. The Bertz CT molecular complexity index is 1020. The van der Waals surface area contributed by atoms with Crippen LogP contribution in [0, 0.1) is 5.82 Å². The Morgan fingerprint density at radius 1 is 1.00 bits per heavy atom. The Hall–Kier alpha value is -2.51. The van der Waals surface area contributed by atoms with Crippen molar-refractivity contribution in [2.45, 2.75) is 11.8 Å². The number of benzene rings is 2. The van der Waals surface area contributed by atoms with E-state index in [2.05, 4.69) is 5.32 Å². The van der Waals surface area contributed by atoms with Gasteiger partial charge in [-0.2, -0.15) is 0 Å². The summed E-state index contributed by atoms with van der Waals surface area (Å²) < 4.78 is 36.6. The van der Waals surface area contributed by atoms with Gasteiger partial charge in [0.25, 0.3) is 5.91 Å². The molecular formula is C19H16FNO3S2. The Morgan fingerprint density at radius 2 is 1.65 bits per heavy atom. The summed E-state index contributed by atoms with van der Waals surface area (Å²) in [4.78, 5) is 14.0. The molecule has 4 nitrogen and oxygen atoms in total. The van der Waals surface area contributed by atoms with Crippen LogP contribution in [-0.4, -0.2) is 20.1 Å². The maximum atomic E-state index is 13.0. The summed E-state index contributed by atoms with van der Waals surface area (Å²) in [5.41, 5.74) is 1.35. The fraction of sp³-hybridized carbons (Fsp3) is 0.105. The van der Waals surface area contributed by atoms with E-state index in [0.29, 0.717) is 10.6 Å². The zero-order valence-corrected chi connectivity index (χ0v) is 15.5. The standard InChI is InChI=1S/C19H16FNO3S2/c1-2-26(23,24)16-9-7-15(8-10-16)21-19(22)18-12-11-17(25-18)13-3-5-14(20)6-4-13/h3-12H,2H2,1H3,(H,21,22). The highest BCUT2D eigenvalue weighted by Crippen LogP contribution is 2.29. The quantitative estimate of drug-likeness (QED) is 0.694. The van der Waals surface area contributed by atoms with E-state index < -0.39 is 9.84 Å². The number of carbonyl (C=O) groups excluding carboxylic acids is 1. The SMILES string of the molecule is CCS(=O)(=O)c1ccc(NC(=O)c2ccc(-c3ccc(F)cc3)s2)cc1. The second kappa shape index (κ2) is 7.39. The number of nitrogens with one attached hydrogen (secondary N) is 1. The largest absolute Gasteiger partial charge is 0.321 e. The normalized spacial score (nSPS) is 11.3. The van der Waals surface area contributed by atoms with Gasteiger partial charge >= 0.3 is 0 Å². The van der Waals surface area contributed by atoms with E-state index in [-0.39, 0.29) is 22.4 Å². The van der Waals surface area contributed by atoms with Crippen molar-refractivity contribution in [3.8, 4) is 10.4 Å². The predicted octanol–water partition coefficient (Wildman–Crippen LogP) is 4.60. The predicted molar refractivity (Wildman–Crippen MR) is 102 cm³/mol. The lowest BCUT2D eigenvalue weighted by molar-refractivity contribution is 0.103. The highest BCUT2D eigenvalue weighted by Gasteiger charge is 2.13. The first kappa shape index (κ1) is 18.3. The smallest absolute Gasteiger partial charge is 0.265 e. The zero-order chi connectivity index (χ0) is 18.7. The minimum atomic E-state index is -3.26. The van der Waals surface area contributed by atoms with E-state index in [1.165, 1.54) is 35.6 Å². The topological polar surface area (TPSA) is 63.2 Å². The minimum absolute atomic E-state index is 0.0278. The van der Waals surface area contributed by atoms with E-state index in [4.69, 9.17) is 0 Å². The molecule has 0 spiro atoms. The van der Waals surface area contributed by atoms with Gasteiger partial charge in [-0.05, 0) is 54.1 Å². The molecule has 0 saturated heterocycles. The Morgan fingerprint density at radius 3 is 2.27 bits per heavy atom. The number of anilines is 1. The molecule has 134 valence electrons. The molecule has 0 unspecified atom stereocenters. The highest BCUT2D eigenvalue weighted by atomic mass is 32.2. The summed E-state index contributed by atoms with van der Waals surface area (Å²) in [6.07, 6.45) is 0. The van der Waals surface area contributed by atoms with E-state index in [9.17, 15) is 17.6 Å².